The van der Waals surface area contributed by atoms with Crippen molar-refractivity contribution >= 4 is 0 Å². The van der Waals surface area contributed by atoms with Crippen LogP contribution in [0, 0.1) is 11.8 Å². The zero-order valence-corrected chi connectivity index (χ0v) is 11.3. The summed E-state index contributed by atoms with van der Waals surface area (Å²) in [7, 11) is 0. The summed E-state index contributed by atoms with van der Waals surface area (Å²) >= 11 is 0. The van der Waals surface area contributed by atoms with Crippen LogP contribution in [0.3, 0.4) is 0 Å². The van der Waals surface area contributed by atoms with Gasteiger partial charge in [-0.15, -0.1) is 0 Å². The lowest BCUT2D eigenvalue weighted by molar-refractivity contribution is 0.161. The maximum absolute atomic E-state index is 6.64. The molecule has 17 heavy (non-hydrogen) atoms. The molecule has 0 bridgehead atoms. The number of nitrogens with zero attached hydrogens (tertiary/aromatic N) is 2. The zero-order chi connectivity index (χ0) is 12.5. The highest BCUT2D eigenvalue weighted by Gasteiger charge is 2.37. The number of aromatic nitrogens is 2. The van der Waals surface area contributed by atoms with E-state index in [0.717, 1.165) is 25.3 Å². The van der Waals surface area contributed by atoms with E-state index in [1.807, 2.05) is 10.9 Å². The van der Waals surface area contributed by atoms with Gasteiger partial charge in [-0.3, -0.25) is 4.68 Å². The fraction of sp³-hybridized carbons (Fsp3) is 0.786. The highest BCUT2D eigenvalue weighted by Crippen LogP contribution is 2.37. The first-order chi connectivity index (χ1) is 8.03. The van der Waals surface area contributed by atoms with E-state index in [-0.39, 0.29) is 5.54 Å². The molecule has 0 aromatic carbocycles. The van der Waals surface area contributed by atoms with Gasteiger partial charge in [0.05, 0.1) is 6.20 Å². The van der Waals surface area contributed by atoms with Crippen molar-refractivity contribution in [2.75, 3.05) is 0 Å². The van der Waals surface area contributed by atoms with E-state index in [1.54, 1.807) is 0 Å². The lowest BCUT2D eigenvalue weighted by Gasteiger charge is -2.42. The topological polar surface area (TPSA) is 43.8 Å². The maximum Gasteiger partial charge on any atom is 0.0522 e. The second-order valence-electron chi connectivity index (χ2n) is 5.90. The van der Waals surface area contributed by atoms with Gasteiger partial charge in [-0.25, -0.2) is 0 Å². The molecule has 0 amide bonds. The molecule has 1 aliphatic rings. The Hall–Kier alpha value is -0.830. The van der Waals surface area contributed by atoms with Crippen LogP contribution in [0.25, 0.3) is 0 Å². The largest absolute Gasteiger partial charge is 0.325 e. The molecule has 0 spiro atoms. The van der Waals surface area contributed by atoms with Crippen LogP contribution in [0.1, 0.15) is 45.6 Å². The molecular formula is C14H25N3. The van der Waals surface area contributed by atoms with Crippen molar-refractivity contribution < 1.29 is 0 Å². The van der Waals surface area contributed by atoms with Crippen molar-refractivity contribution in [1.82, 2.24) is 9.78 Å². The smallest absolute Gasteiger partial charge is 0.0522 e. The molecule has 1 heterocycles. The highest BCUT2D eigenvalue weighted by molar-refractivity contribution is 5.12. The van der Waals surface area contributed by atoms with Crippen LogP contribution in [0.4, 0.5) is 0 Å². The third-order valence-electron chi connectivity index (χ3n) is 4.35. The Kier molecular flexibility index (Phi) is 3.57. The molecule has 3 heteroatoms. The summed E-state index contributed by atoms with van der Waals surface area (Å²) in [5.74, 6) is 1.38. The monoisotopic (exact) mass is 235 g/mol. The molecule has 1 saturated carbocycles. The van der Waals surface area contributed by atoms with E-state index in [4.69, 9.17) is 5.73 Å². The van der Waals surface area contributed by atoms with E-state index in [2.05, 4.69) is 32.1 Å². The predicted molar refractivity (Wildman–Crippen MR) is 70.7 cm³/mol. The van der Waals surface area contributed by atoms with Crippen molar-refractivity contribution in [3.63, 3.8) is 0 Å². The van der Waals surface area contributed by atoms with Crippen LogP contribution in [-0.2, 0) is 13.0 Å². The van der Waals surface area contributed by atoms with Gasteiger partial charge < -0.3 is 5.73 Å². The van der Waals surface area contributed by atoms with Crippen molar-refractivity contribution in [1.29, 1.82) is 0 Å². The lowest BCUT2D eigenvalue weighted by atomic mass is 9.68. The number of rotatable bonds is 3. The van der Waals surface area contributed by atoms with Crippen LogP contribution in [0.2, 0.25) is 0 Å². The summed E-state index contributed by atoms with van der Waals surface area (Å²) in [4.78, 5) is 0. The van der Waals surface area contributed by atoms with Crippen molar-refractivity contribution in [3.8, 4) is 0 Å². The van der Waals surface area contributed by atoms with Crippen molar-refractivity contribution in [2.24, 2.45) is 17.6 Å². The van der Waals surface area contributed by atoms with Gasteiger partial charge in [0.1, 0.15) is 0 Å². The number of hydrogen-bond acceptors (Lipinski definition) is 2. The molecule has 3 nitrogen and oxygen atoms in total. The molecule has 2 N–H and O–H groups in total. The van der Waals surface area contributed by atoms with Gasteiger partial charge in [-0.1, -0.05) is 20.3 Å². The summed E-state index contributed by atoms with van der Waals surface area (Å²) in [6, 6.07) is 0. The van der Waals surface area contributed by atoms with Crippen molar-refractivity contribution in [2.45, 2.75) is 58.5 Å². The highest BCUT2D eigenvalue weighted by atomic mass is 15.3. The average molecular weight is 235 g/mol. The fourth-order valence-electron chi connectivity index (χ4n) is 3.07. The van der Waals surface area contributed by atoms with Gasteiger partial charge in [0.15, 0.2) is 0 Å². The summed E-state index contributed by atoms with van der Waals surface area (Å²) < 4.78 is 1.98. The van der Waals surface area contributed by atoms with E-state index >= 15 is 0 Å². The van der Waals surface area contributed by atoms with Crippen LogP contribution in [0.15, 0.2) is 12.4 Å². The molecule has 0 aliphatic heterocycles. The fourth-order valence-corrected chi connectivity index (χ4v) is 3.07. The predicted octanol–water partition coefficient (Wildman–Crippen LogP) is 2.60. The van der Waals surface area contributed by atoms with E-state index in [0.29, 0.717) is 5.92 Å². The minimum atomic E-state index is -0.0285. The van der Waals surface area contributed by atoms with E-state index in [9.17, 15) is 0 Å². The Balaban J connectivity index is 2.09. The molecule has 3 atom stereocenters. The minimum Gasteiger partial charge on any atom is -0.325 e. The molecule has 2 rings (SSSR count). The first kappa shape index (κ1) is 12.6. The summed E-state index contributed by atoms with van der Waals surface area (Å²) in [6.45, 7) is 7.67. The van der Waals surface area contributed by atoms with Gasteiger partial charge in [-0.05, 0) is 43.6 Å². The van der Waals surface area contributed by atoms with Gasteiger partial charge in [0.2, 0.25) is 0 Å². The van der Waals surface area contributed by atoms with Crippen LogP contribution < -0.4 is 5.73 Å². The molecule has 1 aliphatic carbocycles. The number of nitrogens with two attached hydrogens (primary N) is 1. The Morgan fingerprint density at radius 1 is 1.47 bits per heavy atom. The third kappa shape index (κ3) is 2.71. The van der Waals surface area contributed by atoms with Crippen LogP contribution in [-0.4, -0.2) is 15.3 Å². The Morgan fingerprint density at radius 3 is 2.88 bits per heavy atom. The molecule has 0 radical (unpaired) electrons. The van der Waals surface area contributed by atoms with Crippen LogP contribution >= 0.6 is 0 Å². The van der Waals surface area contributed by atoms with E-state index < -0.39 is 0 Å². The maximum atomic E-state index is 6.64. The average Bonchev–Trinajstić information content (AvgIpc) is 2.71. The normalized spacial score (nSPS) is 33.9. The van der Waals surface area contributed by atoms with Gasteiger partial charge in [0, 0.05) is 18.3 Å². The first-order valence-corrected chi connectivity index (χ1v) is 6.83. The second kappa shape index (κ2) is 4.81. The number of hydrogen-bond donors (Lipinski definition) is 1. The zero-order valence-electron chi connectivity index (χ0n) is 11.3. The molecule has 1 aromatic heterocycles. The molecule has 0 saturated heterocycles. The van der Waals surface area contributed by atoms with Gasteiger partial charge in [0.25, 0.3) is 0 Å². The molecule has 96 valence electrons. The summed E-state index contributed by atoms with van der Waals surface area (Å²) in [5.41, 5.74) is 7.90. The number of aryl methyl sites for hydroxylation is 1. The molecular weight excluding hydrogens is 210 g/mol. The Bertz CT molecular complexity index is 371. The molecule has 3 unspecified atom stereocenters. The first-order valence-electron chi connectivity index (χ1n) is 6.83. The molecule has 1 aromatic rings. The van der Waals surface area contributed by atoms with E-state index in [1.165, 1.54) is 18.4 Å². The van der Waals surface area contributed by atoms with Gasteiger partial charge in [-0.2, -0.15) is 5.10 Å². The van der Waals surface area contributed by atoms with Crippen LogP contribution in [0.5, 0.6) is 0 Å². The lowest BCUT2D eigenvalue weighted by Crippen LogP contribution is -2.51. The Morgan fingerprint density at radius 2 is 2.24 bits per heavy atom. The molecule has 1 fully saturated rings. The second-order valence-corrected chi connectivity index (χ2v) is 5.90. The summed E-state index contributed by atoms with van der Waals surface area (Å²) in [6.07, 6.45) is 8.82. The summed E-state index contributed by atoms with van der Waals surface area (Å²) in [5, 5.41) is 4.34. The Labute approximate surface area is 104 Å². The third-order valence-corrected chi connectivity index (χ3v) is 4.35. The van der Waals surface area contributed by atoms with Gasteiger partial charge >= 0.3 is 0 Å². The van der Waals surface area contributed by atoms with Crippen molar-refractivity contribution in [3.05, 3.63) is 18.0 Å². The minimum absolute atomic E-state index is 0.0285. The standard InChI is InChI=1S/C14H25N3/c1-4-17-10-13(9-16-17)8-14(15)7-11(2)5-6-12(14)3/h9-12H,4-8,15H2,1-3H3. The SMILES string of the molecule is CCn1cc(CC2(N)CC(C)CCC2C)cn1. The quantitative estimate of drug-likeness (QED) is 0.875.